The molecule has 2 aromatic carbocycles. The second-order valence-corrected chi connectivity index (χ2v) is 7.18. The molecule has 1 aromatic heterocycles. The van der Waals surface area contributed by atoms with Crippen molar-refractivity contribution >= 4 is 46.1 Å². The third-order valence-corrected chi connectivity index (χ3v) is 4.82. The first kappa shape index (κ1) is 19.0. The number of rotatable bonds is 4. The summed E-state index contributed by atoms with van der Waals surface area (Å²) in [6.45, 7) is 0.549. The molecule has 0 unspecified atom stereocenters. The molecule has 0 bridgehead atoms. The number of amides is 1. The van der Waals surface area contributed by atoms with Gasteiger partial charge in [-0.05, 0) is 29.8 Å². The Hall–Kier alpha value is -2.74. The zero-order valence-electron chi connectivity index (χ0n) is 14.9. The molecular formula is C21H17Cl2N3O. The Morgan fingerprint density at radius 1 is 1.22 bits per heavy atom. The van der Waals surface area contributed by atoms with E-state index in [1.807, 2.05) is 47.2 Å². The molecule has 0 saturated heterocycles. The zero-order chi connectivity index (χ0) is 19.6. The molecule has 0 aliphatic heterocycles. The summed E-state index contributed by atoms with van der Waals surface area (Å²) in [5.74, 6) is -0.324. The van der Waals surface area contributed by atoms with Crippen LogP contribution in [0.4, 0.5) is 0 Å². The first-order valence-corrected chi connectivity index (χ1v) is 9.01. The molecule has 0 aliphatic rings. The van der Waals surface area contributed by atoms with Crippen LogP contribution < -0.4 is 0 Å². The number of aromatic nitrogens is 1. The number of halogens is 2. The summed E-state index contributed by atoms with van der Waals surface area (Å²) in [5.41, 5.74) is 2.82. The molecule has 27 heavy (non-hydrogen) atoms. The number of carbonyl (C=O) groups excluding carboxylic acids is 1. The minimum absolute atomic E-state index is 0.0902. The van der Waals surface area contributed by atoms with E-state index < -0.39 is 0 Å². The van der Waals surface area contributed by atoms with Crippen LogP contribution in [0.2, 0.25) is 10.0 Å². The predicted octanol–water partition coefficient (Wildman–Crippen LogP) is 4.99. The van der Waals surface area contributed by atoms with E-state index in [0.29, 0.717) is 16.6 Å². The molecule has 136 valence electrons. The number of hydrogen-bond acceptors (Lipinski definition) is 2. The first-order chi connectivity index (χ1) is 12.9. The van der Waals surface area contributed by atoms with Gasteiger partial charge in [0.05, 0.1) is 0 Å². The zero-order valence-corrected chi connectivity index (χ0v) is 16.4. The highest BCUT2D eigenvalue weighted by Crippen LogP contribution is 2.27. The van der Waals surface area contributed by atoms with Crippen molar-refractivity contribution in [1.29, 1.82) is 5.26 Å². The molecule has 0 saturated carbocycles. The van der Waals surface area contributed by atoms with E-state index in [1.165, 1.54) is 4.90 Å². The maximum Gasteiger partial charge on any atom is 0.264 e. The number of nitriles is 1. The van der Waals surface area contributed by atoms with Crippen LogP contribution in [0.25, 0.3) is 17.0 Å². The molecule has 1 amide bonds. The summed E-state index contributed by atoms with van der Waals surface area (Å²) in [6, 6.07) is 15.3. The van der Waals surface area contributed by atoms with Gasteiger partial charge in [-0.15, -0.1) is 0 Å². The van der Waals surface area contributed by atoms with Crippen LogP contribution in [-0.2, 0) is 11.3 Å². The fourth-order valence-electron chi connectivity index (χ4n) is 2.89. The van der Waals surface area contributed by atoms with E-state index in [0.717, 1.165) is 22.0 Å². The molecule has 0 radical (unpaired) electrons. The molecule has 3 rings (SSSR count). The number of likely N-dealkylation sites (N-methyl/N-ethyl adjacent to an activating group) is 1. The number of fused-ring (bicyclic) bond motifs is 1. The minimum Gasteiger partial charge on any atom is -0.344 e. The first-order valence-electron chi connectivity index (χ1n) is 8.26. The number of carbonyl (C=O) groups is 1. The summed E-state index contributed by atoms with van der Waals surface area (Å²) < 4.78 is 2.05. The Kier molecular flexibility index (Phi) is 5.55. The molecule has 6 heteroatoms. The fourth-order valence-corrected chi connectivity index (χ4v) is 3.36. The van der Waals surface area contributed by atoms with Crippen molar-refractivity contribution in [3.63, 3.8) is 0 Å². The summed E-state index contributed by atoms with van der Waals surface area (Å²) in [5, 5.41) is 11.5. The average molecular weight is 398 g/mol. The van der Waals surface area contributed by atoms with Crippen molar-refractivity contribution in [2.75, 3.05) is 14.1 Å². The summed E-state index contributed by atoms with van der Waals surface area (Å²) in [6.07, 6.45) is 3.56. The van der Waals surface area contributed by atoms with E-state index in [1.54, 1.807) is 32.3 Å². The third kappa shape index (κ3) is 4.00. The highest BCUT2D eigenvalue weighted by Gasteiger charge is 2.14. The van der Waals surface area contributed by atoms with Gasteiger partial charge < -0.3 is 9.47 Å². The van der Waals surface area contributed by atoms with Crippen molar-refractivity contribution in [2.24, 2.45) is 0 Å². The average Bonchev–Trinajstić information content (AvgIpc) is 2.99. The molecule has 1 heterocycles. The lowest BCUT2D eigenvalue weighted by Crippen LogP contribution is -2.22. The molecule has 0 atom stereocenters. The number of nitrogens with zero attached hydrogens (tertiary/aromatic N) is 3. The summed E-state index contributed by atoms with van der Waals surface area (Å²) >= 11 is 12.3. The topological polar surface area (TPSA) is 49.0 Å². The van der Waals surface area contributed by atoms with Gasteiger partial charge >= 0.3 is 0 Å². The van der Waals surface area contributed by atoms with Crippen molar-refractivity contribution in [3.8, 4) is 6.07 Å². The molecule has 3 aromatic rings. The lowest BCUT2D eigenvalue weighted by Gasteiger charge is -2.08. The number of benzene rings is 2. The molecule has 4 nitrogen and oxygen atoms in total. The van der Waals surface area contributed by atoms with Gasteiger partial charge in [-0.25, -0.2) is 0 Å². The summed E-state index contributed by atoms with van der Waals surface area (Å²) in [7, 11) is 3.25. The Balaban J connectivity index is 2.09. The Bertz CT molecular complexity index is 1090. The van der Waals surface area contributed by atoms with Crippen LogP contribution in [0.15, 0.2) is 54.2 Å². The van der Waals surface area contributed by atoms with Gasteiger partial charge in [0.1, 0.15) is 11.6 Å². The van der Waals surface area contributed by atoms with Crippen molar-refractivity contribution in [2.45, 2.75) is 6.54 Å². The van der Waals surface area contributed by atoms with E-state index in [-0.39, 0.29) is 11.5 Å². The van der Waals surface area contributed by atoms with E-state index in [9.17, 15) is 10.1 Å². The third-order valence-electron chi connectivity index (χ3n) is 4.23. The maximum absolute atomic E-state index is 12.2. The number of para-hydroxylation sites is 1. The fraction of sp³-hybridized carbons (Fsp3) is 0.143. The monoisotopic (exact) mass is 397 g/mol. The summed E-state index contributed by atoms with van der Waals surface area (Å²) in [4.78, 5) is 13.6. The molecule has 0 aliphatic carbocycles. The van der Waals surface area contributed by atoms with Gasteiger partial charge in [0.2, 0.25) is 0 Å². The Morgan fingerprint density at radius 3 is 2.63 bits per heavy atom. The lowest BCUT2D eigenvalue weighted by molar-refractivity contribution is -0.124. The molecule has 0 fully saturated rings. The van der Waals surface area contributed by atoms with Crippen LogP contribution in [0.3, 0.4) is 0 Å². The van der Waals surface area contributed by atoms with Gasteiger partial charge in [0.15, 0.2) is 0 Å². The lowest BCUT2D eigenvalue weighted by atomic mass is 10.1. The highest BCUT2D eigenvalue weighted by molar-refractivity contribution is 6.35. The van der Waals surface area contributed by atoms with Gasteiger partial charge in [-0.2, -0.15) is 5.26 Å². The second-order valence-electron chi connectivity index (χ2n) is 6.33. The van der Waals surface area contributed by atoms with E-state index in [4.69, 9.17) is 23.2 Å². The maximum atomic E-state index is 12.2. The highest BCUT2D eigenvalue weighted by atomic mass is 35.5. The minimum atomic E-state index is -0.324. The van der Waals surface area contributed by atoms with Crippen LogP contribution >= 0.6 is 23.2 Å². The molecule has 0 spiro atoms. The largest absolute Gasteiger partial charge is 0.344 e. The second kappa shape index (κ2) is 7.87. The molecule has 0 N–H and O–H groups in total. The van der Waals surface area contributed by atoms with Crippen molar-refractivity contribution < 1.29 is 4.79 Å². The van der Waals surface area contributed by atoms with Gasteiger partial charge in [0.25, 0.3) is 5.91 Å². The van der Waals surface area contributed by atoms with Gasteiger partial charge in [-0.3, -0.25) is 4.79 Å². The normalized spacial score (nSPS) is 11.4. The van der Waals surface area contributed by atoms with Crippen molar-refractivity contribution in [1.82, 2.24) is 9.47 Å². The Labute approximate surface area is 167 Å². The quantitative estimate of drug-likeness (QED) is 0.459. The molecular weight excluding hydrogens is 381 g/mol. The van der Waals surface area contributed by atoms with Gasteiger partial charge in [-0.1, -0.05) is 47.5 Å². The standard InChI is InChI=1S/C21H17Cl2N3O/c1-25(2)21(27)15(11-24)9-16-13-26(20-6-4-3-5-18(16)20)12-14-7-8-17(22)10-19(14)23/h3-10,13H,12H2,1-2H3. The van der Waals surface area contributed by atoms with E-state index in [2.05, 4.69) is 0 Å². The van der Waals surface area contributed by atoms with Gasteiger partial charge in [0, 0.05) is 53.3 Å². The smallest absolute Gasteiger partial charge is 0.264 e. The van der Waals surface area contributed by atoms with Crippen LogP contribution in [-0.4, -0.2) is 29.5 Å². The van der Waals surface area contributed by atoms with Crippen molar-refractivity contribution in [3.05, 3.63) is 75.4 Å². The van der Waals surface area contributed by atoms with E-state index >= 15 is 0 Å². The van der Waals surface area contributed by atoms with Crippen LogP contribution in [0.5, 0.6) is 0 Å². The number of hydrogen-bond donors (Lipinski definition) is 0. The van der Waals surface area contributed by atoms with Crippen LogP contribution in [0, 0.1) is 11.3 Å². The van der Waals surface area contributed by atoms with Crippen LogP contribution in [0.1, 0.15) is 11.1 Å². The Morgan fingerprint density at radius 2 is 1.96 bits per heavy atom. The SMILES string of the molecule is CN(C)C(=O)C(C#N)=Cc1cn(Cc2ccc(Cl)cc2Cl)c2ccccc12. The predicted molar refractivity (Wildman–Crippen MR) is 110 cm³/mol.